The highest BCUT2D eigenvalue weighted by atomic mass is 79.9. The van der Waals surface area contributed by atoms with E-state index in [2.05, 4.69) is 15.9 Å². The standard InChI is InChI=1S/C13H10BrNO3/c14-10-6-11(13(17)18)15(7-10)8-12(16)9-4-2-1-3-5-9/h1-7H,8H2,(H,17,18). The third kappa shape index (κ3) is 2.68. The SMILES string of the molecule is O=C(Cn1cc(Br)cc1C(=O)O)c1ccccc1. The predicted molar refractivity (Wildman–Crippen MR) is 69.9 cm³/mol. The van der Waals surface area contributed by atoms with E-state index in [0.717, 1.165) is 0 Å². The van der Waals surface area contributed by atoms with E-state index in [1.165, 1.54) is 10.6 Å². The van der Waals surface area contributed by atoms with Crippen LogP contribution in [0.25, 0.3) is 0 Å². The maximum atomic E-state index is 12.0. The summed E-state index contributed by atoms with van der Waals surface area (Å²) in [6.45, 7) is 0.0112. The smallest absolute Gasteiger partial charge is 0.352 e. The van der Waals surface area contributed by atoms with Crippen LogP contribution < -0.4 is 0 Å². The van der Waals surface area contributed by atoms with Crippen LogP contribution in [0, 0.1) is 0 Å². The molecule has 0 spiro atoms. The number of hydrogen-bond donors (Lipinski definition) is 1. The molecule has 2 aromatic rings. The molecule has 0 radical (unpaired) electrons. The van der Waals surface area contributed by atoms with Crippen molar-refractivity contribution >= 4 is 27.7 Å². The van der Waals surface area contributed by atoms with Gasteiger partial charge in [-0.1, -0.05) is 30.3 Å². The van der Waals surface area contributed by atoms with E-state index in [1.54, 1.807) is 30.5 Å². The van der Waals surface area contributed by atoms with E-state index in [1.807, 2.05) is 6.07 Å². The van der Waals surface area contributed by atoms with Crippen molar-refractivity contribution in [3.8, 4) is 0 Å². The van der Waals surface area contributed by atoms with Gasteiger partial charge in [-0.05, 0) is 22.0 Å². The largest absolute Gasteiger partial charge is 0.477 e. The Bertz CT molecular complexity index is 590. The normalized spacial score (nSPS) is 10.3. The van der Waals surface area contributed by atoms with Crippen LogP contribution in [0.3, 0.4) is 0 Å². The van der Waals surface area contributed by atoms with Gasteiger partial charge >= 0.3 is 5.97 Å². The number of benzene rings is 1. The number of carbonyl (C=O) groups excluding carboxylic acids is 1. The zero-order chi connectivity index (χ0) is 13.1. The fourth-order valence-corrected chi connectivity index (χ4v) is 2.12. The van der Waals surface area contributed by atoms with E-state index >= 15 is 0 Å². The molecule has 0 amide bonds. The van der Waals surface area contributed by atoms with Gasteiger partial charge in [0, 0.05) is 16.2 Å². The molecule has 0 saturated carbocycles. The van der Waals surface area contributed by atoms with E-state index < -0.39 is 5.97 Å². The number of hydrogen-bond acceptors (Lipinski definition) is 2. The van der Waals surface area contributed by atoms with Gasteiger partial charge in [-0.15, -0.1) is 0 Å². The van der Waals surface area contributed by atoms with Gasteiger partial charge in [0.1, 0.15) is 5.69 Å². The molecule has 0 aliphatic heterocycles. The molecule has 1 aromatic carbocycles. The van der Waals surface area contributed by atoms with E-state index in [4.69, 9.17) is 5.11 Å². The fraction of sp³-hybridized carbons (Fsp3) is 0.0769. The number of aromatic carboxylic acids is 1. The summed E-state index contributed by atoms with van der Waals surface area (Å²) >= 11 is 3.20. The highest BCUT2D eigenvalue weighted by molar-refractivity contribution is 9.10. The van der Waals surface area contributed by atoms with Crippen molar-refractivity contribution in [2.45, 2.75) is 6.54 Å². The van der Waals surface area contributed by atoms with Crippen LogP contribution in [-0.4, -0.2) is 21.4 Å². The van der Waals surface area contributed by atoms with Gasteiger partial charge in [-0.3, -0.25) is 4.79 Å². The Kier molecular flexibility index (Phi) is 3.62. The Morgan fingerprint density at radius 2 is 1.89 bits per heavy atom. The van der Waals surface area contributed by atoms with Crippen LogP contribution in [0.1, 0.15) is 20.8 Å². The Morgan fingerprint density at radius 3 is 2.50 bits per heavy atom. The van der Waals surface area contributed by atoms with Crippen molar-refractivity contribution in [1.82, 2.24) is 4.57 Å². The van der Waals surface area contributed by atoms with E-state index in [-0.39, 0.29) is 18.0 Å². The first-order valence-corrected chi connectivity index (χ1v) is 6.04. The molecule has 1 heterocycles. The van der Waals surface area contributed by atoms with Crippen LogP contribution in [0.4, 0.5) is 0 Å². The van der Waals surface area contributed by atoms with Gasteiger partial charge in [-0.25, -0.2) is 4.79 Å². The van der Waals surface area contributed by atoms with Gasteiger partial charge in [0.05, 0.1) is 6.54 Å². The number of Topliss-reactive ketones (excluding diaryl/α,β-unsaturated/α-hetero) is 1. The summed E-state index contributed by atoms with van der Waals surface area (Å²) in [5.74, 6) is -1.18. The first-order chi connectivity index (χ1) is 8.58. The maximum Gasteiger partial charge on any atom is 0.352 e. The van der Waals surface area contributed by atoms with Crippen LogP contribution >= 0.6 is 15.9 Å². The summed E-state index contributed by atoms with van der Waals surface area (Å²) in [5, 5.41) is 9.01. The summed E-state index contributed by atoms with van der Waals surface area (Å²) < 4.78 is 2.06. The summed E-state index contributed by atoms with van der Waals surface area (Å²) in [7, 11) is 0. The average Bonchev–Trinajstić information content (AvgIpc) is 2.71. The Labute approximate surface area is 112 Å². The Morgan fingerprint density at radius 1 is 1.22 bits per heavy atom. The monoisotopic (exact) mass is 307 g/mol. The lowest BCUT2D eigenvalue weighted by Gasteiger charge is -2.05. The third-order valence-electron chi connectivity index (χ3n) is 2.49. The lowest BCUT2D eigenvalue weighted by Crippen LogP contribution is -2.14. The number of carboxylic acid groups (broad SMARTS) is 1. The maximum absolute atomic E-state index is 12.0. The van der Waals surface area contributed by atoms with E-state index in [0.29, 0.717) is 10.0 Å². The number of rotatable bonds is 4. The lowest BCUT2D eigenvalue weighted by molar-refractivity contribution is 0.0685. The number of nitrogens with zero attached hydrogens (tertiary/aromatic N) is 1. The molecule has 1 aromatic heterocycles. The van der Waals surface area contributed by atoms with E-state index in [9.17, 15) is 9.59 Å². The number of carbonyl (C=O) groups is 2. The second kappa shape index (κ2) is 5.18. The molecule has 0 aliphatic carbocycles. The number of aromatic nitrogens is 1. The quantitative estimate of drug-likeness (QED) is 0.884. The molecule has 0 saturated heterocycles. The molecule has 5 heteroatoms. The topological polar surface area (TPSA) is 59.3 Å². The zero-order valence-corrected chi connectivity index (χ0v) is 10.9. The minimum atomic E-state index is -1.05. The molecule has 92 valence electrons. The minimum absolute atomic E-state index is 0.0112. The molecule has 0 aliphatic rings. The van der Waals surface area contributed by atoms with Gasteiger partial charge in [0.15, 0.2) is 5.78 Å². The molecule has 4 nitrogen and oxygen atoms in total. The molecule has 1 N–H and O–H groups in total. The van der Waals surface area contributed by atoms with Crippen molar-refractivity contribution in [3.05, 3.63) is 58.3 Å². The summed E-state index contributed by atoms with van der Waals surface area (Å²) in [6.07, 6.45) is 1.59. The van der Waals surface area contributed by atoms with Gasteiger partial charge in [0.25, 0.3) is 0 Å². The van der Waals surface area contributed by atoms with Crippen molar-refractivity contribution in [3.63, 3.8) is 0 Å². The second-order valence-corrected chi connectivity index (χ2v) is 4.68. The molecule has 18 heavy (non-hydrogen) atoms. The molecular weight excluding hydrogens is 298 g/mol. The first-order valence-electron chi connectivity index (χ1n) is 5.25. The number of ketones is 1. The molecule has 0 fully saturated rings. The Hall–Kier alpha value is -1.88. The van der Waals surface area contributed by atoms with Crippen molar-refractivity contribution in [2.75, 3.05) is 0 Å². The predicted octanol–water partition coefficient (Wildman–Crippen LogP) is 2.83. The van der Waals surface area contributed by atoms with Crippen LogP contribution in [0.5, 0.6) is 0 Å². The number of halogens is 1. The summed E-state index contributed by atoms with van der Waals surface area (Å²) in [6, 6.07) is 10.3. The van der Waals surface area contributed by atoms with Crippen molar-refractivity contribution in [2.24, 2.45) is 0 Å². The van der Waals surface area contributed by atoms with Crippen LogP contribution in [-0.2, 0) is 6.54 Å². The highest BCUT2D eigenvalue weighted by Crippen LogP contribution is 2.16. The molecule has 2 rings (SSSR count). The van der Waals surface area contributed by atoms with Gasteiger partial charge < -0.3 is 9.67 Å². The van der Waals surface area contributed by atoms with Crippen LogP contribution in [0.2, 0.25) is 0 Å². The summed E-state index contributed by atoms with van der Waals surface area (Å²) in [5.41, 5.74) is 0.657. The lowest BCUT2D eigenvalue weighted by atomic mass is 10.1. The van der Waals surface area contributed by atoms with Crippen molar-refractivity contribution < 1.29 is 14.7 Å². The van der Waals surface area contributed by atoms with Crippen LogP contribution in [0.15, 0.2) is 47.1 Å². The fourth-order valence-electron chi connectivity index (χ4n) is 1.65. The second-order valence-electron chi connectivity index (χ2n) is 3.77. The number of carboxylic acids is 1. The highest BCUT2D eigenvalue weighted by Gasteiger charge is 2.14. The average molecular weight is 308 g/mol. The first kappa shape index (κ1) is 12.6. The Balaban J connectivity index is 2.25. The third-order valence-corrected chi connectivity index (χ3v) is 2.93. The molecule has 0 unspecified atom stereocenters. The molecular formula is C13H10BrNO3. The van der Waals surface area contributed by atoms with Crippen molar-refractivity contribution in [1.29, 1.82) is 0 Å². The molecule has 0 bridgehead atoms. The van der Waals surface area contributed by atoms with Gasteiger partial charge in [-0.2, -0.15) is 0 Å². The minimum Gasteiger partial charge on any atom is -0.477 e. The van der Waals surface area contributed by atoms with Gasteiger partial charge in [0.2, 0.25) is 0 Å². The summed E-state index contributed by atoms with van der Waals surface area (Å²) in [4.78, 5) is 23.0. The molecule has 0 atom stereocenters. The zero-order valence-electron chi connectivity index (χ0n) is 9.34.